The summed E-state index contributed by atoms with van der Waals surface area (Å²) in [5.74, 6) is 2.80. The van der Waals surface area contributed by atoms with Crippen molar-refractivity contribution in [3.8, 4) is 0 Å². The Morgan fingerprint density at radius 3 is 1.71 bits per heavy atom. The van der Waals surface area contributed by atoms with Crippen molar-refractivity contribution in [2.24, 2.45) is 5.92 Å². The molecule has 111 valence electrons. The number of rotatable bonds is 7. The van der Waals surface area contributed by atoms with E-state index in [1.165, 1.54) is 30.4 Å². The maximum Gasteiger partial charge on any atom is 0.0149 e. The second-order valence-corrected chi connectivity index (χ2v) is 6.39. The van der Waals surface area contributed by atoms with Gasteiger partial charge in [0.05, 0.1) is 0 Å². The van der Waals surface area contributed by atoms with Crippen LogP contribution >= 0.6 is 0 Å². The molecule has 0 saturated heterocycles. The first kappa shape index (κ1) is 15.8. The molecule has 0 nitrogen and oxygen atoms in total. The van der Waals surface area contributed by atoms with Gasteiger partial charge in [-0.25, -0.2) is 0 Å². The van der Waals surface area contributed by atoms with Crippen molar-refractivity contribution in [2.45, 2.75) is 46.0 Å². The molecule has 21 heavy (non-hydrogen) atoms. The zero-order valence-corrected chi connectivity index (χ0v) is 13.5. The second-order valence-electron chi connectivity index (χ2n) is 6.39. The van der Waals surface area contributed by atoms with Crippen molar-refractivity contribution in [3.63, 3.8) is 0 Å². The summed E-state index contributed by atoms with van der Waals surface area (Å²) in [5, 5.41) is 0. The highest BCUT2D eigenvalue weighted by molar-refractivity contribution is 5.37. The Kier molecular flexibility index (Phi) is 6.04. The fourth-order valence-electron chi connectivity index (χ4n) is 2.99. The SMILES string of the molecule is C[C](CCCC(C)C)C(c1ccccc1)c1ccccc1. The molecule has 0 amide bonds. The van der Waals surface area contributed by atoms with E-state index in [2.05, 4.69) is 81.4 Å². The van der Waals surface area contributed by atoms with Gasteiger partial charge in [0.1, 0.15) is 0 Å². The van der Waals surface area contributed by atoms with Gasteiger partial charge in [-0.05, 0) is 29.4 Å². The number of benzene rings is 2. The highest BCUT2D eigenvalue weighted by Gasteiger charge is 2.21. The average Bonchev–Trinajstić information content (AvgIpc) is 2.49. The minimum absolute atomic E-state index is 0.430. The highest BCUT2D eigenvalue weighted by atomic mass is 14.2. The molecule has 0 aliphatic heterocycles. The van der Waals surface area contributed by atoms with Crippen molar-refractivity contribution >= 4 is 0 Å². The first-order valence-electron chi connectivity index (χ1n) is 8.10. The first-order chi connectivity index (χ1) is 10.2. The average molecular weight is 279 g/mol. The van der Waals surface area contributed by atoms with Gasteiger partial charge in [0.15, 0.2) is 0 Å². The van der Waals surface area contributed by atoms with Gasteiger partial charge in [-0.3, -0.25) is 0 Å². The van der Waals surface area contributed by atoms with Crippen molar-refractivity contribution in [1.29, 1.82) is 0 Å². The van der Waals surface area contributed by atoms with E-state index in [0.29, 0.717) is 5.92 Å². The molecule has 0 saturated carbocycles. The van der Waals surface area contributed by atoms with E-state index in [9.17, 15) is 0 Å². The van der Waals surface area contributed by atoms with Crippen LogP contribution < -0.4 is 0 Å². The molecule has 0 atom stereocenters. The third-order valence-electron chi connectivity index (χ3n) is 4.11. The Morgan fingerprint density at radius 2 is 1.29 bits per heavy atom. The summed E-state index contributed by atoms with van der Waals surface area (Å²) in [7, 11) is 0. The zero-order valence-electron chi connectivity index (χ0n) is 13.5. The van der Waals surface area contributed by atoms with Crippen LogP contribution in [-0.2, 0) is 0 Å². The van der Waals surface area contributed by atoms with Crippen LogP contribution in [0.15, 0.2) is 60.7 Å². The summed E-state index contributed by atoms with van der Waals surface area (Å²) < 4.78 is 0. The zero-order chi connectivity index (χ0) is 15.1. The summed E-state index contributed by atoms with van der Waals surface area (Å²) in [6, 6.07) is 21.8. The van der Waals surface area contributed by atoms with Crippen LogP contribution in [0.25, 0.3) is 0 Å². The minimum atomic E-state index is 0.430. The van der Waals surface area contributed by atoms with E-state index in [0.717, 1.165) is 5.92 Å². The van der Waals surface area contributed by atoms with E-state index in [1.807, 2.05) is 0 Å². The number of hydrogen-bond acceptors (Lipinski definition) is 0. The summed E-state index contributed by atoms with van der Waals surface area (Å²) >= 11 is 0. The molecule has 0 aromatic heterocycles. The molecule has 2 rings (SSSR count). The highest BCUT2D eigenvalue weighted by Crippen LogP contribution is 2.36. The third-order valence-corrected chi connectivity index (χ3v) is 4.11. The van der Waals surface area contributed by atoms with Crippen molar-refractivity contribution in [2.75, 3.05) is 0 Å². The molecule has 2 aromatic carbocycles. The van der Waals surface area contributed by atoms with Crippen LogP contribution in [-0.4, -0.2) is 0 Å². The lowest BCUT2D eigenvalue weighted by molar-refractivity contribution is 0.531. The molecule has 0 bridgehead atoms. The van der Waals surface area contributed by atoms with Crippen LogP contribution in [0.2, 0.25) is 0 Å². The van der Waals surface area contributed by atoms with Gasteiger partial charge in [0.2, 0.25) is 0 Å². The van der Waals surface area contributed by atoms with E-state index in [4.69, 9.17) is 0 Å². The molecule has 0 aliphatic carbocycles. The maximum atomic E-state index is 2.32. The Bertz CT molecular complexity index is 459. The monoisotopic (exact) mass is 279 g/mol. The van der Waals surface area contributed by atoms with E-state index < -0.39 is 0 Å². The van der Waals surface area contributed by atoms with Gasteiger partial charge in [-0.1, -0.05) is 94.3 Å². The smallest absolute Gasteiger partial charge is 0.0149 e. The Morgan fingerprint density at radius 1 is 0.810 bits per heavy atom. The fraction of sp³-hybridized carbons (Fsp3) is 0.381. The molecule has 0 N–H and O–H groups in total. The van der Waals surface area contributed by atoms with E-state index in [-0.39, 0.29) is 0 Å². The van der Waals surface area contributed by atoms with Crippen LogP contribution in [0, 0.1) is 11.8 Å². The van der Waals surface area contributed by atoms with Crippen molar-refractivity contribution < 1.29 is 0 Å². The van der Waals surface area contributed by atoms with Crippen molar-refractivity contribution in [1.82, 2.24) is 0 Å². The number of hydrogen-bond donors (Lipinski definition) is 0. The minimum Gasteiger partial charge on any atom is -0.0628 e. The normalized spacial score (nSPS) is 11.5. The van der Waals surface area contributed by atoms with Gasteiger partial charge >= 0.3 is 0 Å². The molecule has 1 radical (unpaired) electrons. The standard InChI is InChI=1S/C21H27/c1-17(2)11-10-12-18(3)21(19-13-6-4-7-14-19)20-15-8-5-9-16-20/h4-9,13-17,21H,10-12H2,1-3H3. The Balaban J connectivity index is 2.16. The van der Waals surface area contributed by atoms with Gasteiger partial charge in [-0.15, -0.1) is 0 Å². The Hall–Kier alpha value is -1.56. The van der Waals surface area contributed by atoms with E-state index in [1.54, 1.807) is 5.92 Å². The lowest BCUT2D eigenvalue weighted by Crippen LogP contribution is -2.10. The molecule has 0 spiro atoms. The van der Waals surface area contributed by atoms with Crippen LogP contribution in [0.3, 0.4) is 0 Å². The predicted octanol–water partition coefficient (Wildman–Crippen LogP) is 6.24. The van der Waals surface area contributed by atoms with Gasteiger partial charge in [0.25, 0.3) is 0 Å². The van der Waals surface area contributed by atoms with Crippen LogP contribution in [0.1, 0.15) is 57.1 Å². The molecule has 0 aliphatic rings. The predicted molar refractivity (Wildman–Crippen MR) is 92.3 cm³/mol. The topological polar surface area (TPSA) is 0 Å². The largest absolute Gasteiger partial charge is 0.0628 e. The summed E-state index contributed by atoms with van der Waals surface area (Å²) in [4.78, 5) is 0. The summed E-state index contributed by atoms with van der Waals surface area (Å²) in [6.07, 6.45) is 3.82. The fourth-order valence-corrected chi connectivity index (χ4v) is 2.99. The molecular weight excluding hydrogens is 252 g/mol. The molecule has 0 heteroatoms. The lowest BCUT2D eigenvalue weighted by Gasteiger charge is -2.25. The molecule has 0 heterocycles. The Labute approximate surface area is 130 Å². The molecular formula is C21H27. The van der Waals surface area contributed by atoms with Gasteiger partial charge < -0.3 is 0 Å². The van der Waals surface area contributed by atoms with Crippen LogP contribution in [0.5, 0.6) is 0 Å². The van der Waals surface area contributed by atoms with Crippen molar-refractivity contribution in [3.05, 3.63) is 77.7 Å². The third kappa shape index (κ3) is 4.74. The molecule has 0 fully saturated rings. The second kappa shape index (κ2) is 8.02. The molecule has 2 aromatic rings. The quantitative estimate of drug-likeness (QED) is 0.563. The lowest BCUT2D eigenvalue weighted by atomic mass is 9.79. The van der Waals surface area contributed by atoms with E-state index >= 15 is 0 Å². The summed E-state index contributed by atoms with van der Waals surface area (Å²) in [6.45, 7) is 6.94. The molecule has 0 unspecified atom stereocenters. The maximum absolute atomic E-state index is 2.32. The van der Waals surface area contributed by atoms with Gasteiger partial charge in [-0.2, -0.15) is 0 Å². The first-order valence-corrected chi connectivity index (χ1v) is 8.10. The summed E-state index contributed by atoms with van der Waals surface area (Å²) in [5.41, 5.74) is 2.82. The van der Waals surface area contributed by atoms with Gasteiger partial charge in [0, 0.05) is 5.92 Å². The van der Waals surface area contributed by atoms with Crippen LogP contribution in [0.4, 0.5) is 0 Å².